The maximum atomic E-state index is 13.2. The number of benzene rings is 2. The lowest BCUT2D eigenvalue weighted by molar-refractivity contribution is 0.0734. The predicted molar refractivity (Wildman–Crippen MR) is 105 cm³/mol. The first-order chi connectivity index (χ1) is 13.5. The first-order valence-electron chi connectivity index (χ1n) is 8.03. The summed E-state index contributed by atoms with van der Waals surface area (Å²) in [5.74, 6) is -1.35. The van der Waals surface area contributed by atoms with Crippen LogP contribution in [0.4, 0.5) is 4.39 Å². The van der Waals surface area contributed by atoms with Gasteiger partial charge in [-0.05, 0) is 57.9 Å². The van der Waals surface area contributed by atoms with Crippen molar-refractivity contribution in [2.24, 2.45) is 5.10 Å². The summed E-state index contributed by atoms with van der Waals surface area (Å²) in [5.41, 5.74) is 3.44. The number of halogens is 2. The molecular formula is C20H13BrFN3O3. The number of hydrogen-bond donors (Lipinski definition) is 1. The number of nitrogens with zero attached hydrogens (tertiary/aromatic N) is 2. The van der Waals surface area contributed by atoms with Crippen molar-refractivity contribution in [3.8, 4) is 5.75 Å². The maximum absolute atomic E-state index is 13.2. The van der Waals surface area contributed by atoms with Crippen molar-refractivity contribution in [3.05, 3.63) is 94.0 Å². The van der Waals surface area contributed by atoms with Gasteiger partial charge in [-0.15, -0.1) is 0 Å². The minimum atomic E-state index is -0.677. The Kier molecular flexibility index (Phi) is 6.23. The van der Waals surface area contributed by atoms with E-state index in [9.17, 15) is 14.0 Å². The van der Waals surface area contributed by atoms with Gasteiger partial charge in [-0.3, -0.25) is 9.78 Å². The molecule has 28 heavy (non-hydrogen) atoms. The van der Waals surface area contributed by atoms with E-state index >= 15 is 0 Å². The predicted octanol–water partition coefficient (Wildman–Crippen LogP) is 3.97. The molecule has 2 aromatic carbocycles. The fourth-order valence-electron chi connectivity index (χ4n) is 2.21. The van der Waals surface area contributed by atoms with Crippen molar-refractivity contribution in [2.45, 2.75) is 0 Å². The number of rotatable bonds is 5. The van der Waals surface area contributed by atoms with Crippen molar-refractivity contribution >= 4 is 34.0 Å². The molecule has 6 nitrogen and oxygen atoms in total. The number of carbonyl (C=O) groups excluding carboxylic acids is 2. The lowest BCUT2D eigenvalue weighted by Crippen LogP contribution is -2.17. The third kappa shape index (κ3) is 5.31. The zero-order valence-corrected chi connectivity index (χ0v) is 15.9. The summed E-state index contributed by atoms with van der Waals surface area (Å²) in [4.78, 5) is 28.0. The Hall–Kier alpha value is -3.39. The molecule has 3 rings (SSSR count). The fourth-order valence-corrected chi connectivity index (χ4v) is 2.57. The quantitative estimate of drug-likeness (QED) is 0.281. The van der Waals surface area contributed by atoms with Crippen molar-refractivity contribution in [1.29, 1.82) is 0 Å². The van der Waals surface area contributed by atoms with E-state index in [0.29, 0.717) is 15.6 Å². The summed E-state index contributed by atoms with van der Waals surface area (Å²) >= 11 is 3.24. The molecular weight excluding hydrogens is 429 g/mol. The second-order valence-electron chi connectivity index (χ2n) is 5.56. The highest BCUT2D eigenvalue weighted by Gasteiger charge is 2.09. The Morgan fingerprint density at radius 1 is 1.07 bits per heavy atom. The van der Waals surface area contributed by atoms with Crippen LogP contribution in [0.5, 0.6) is 5.75 Å². The number of pyridine rings is 1. The molecule has 0 unspecified atom stereocenters. The van der Waals surface area contributed by atoms with Crippen molar-refractivity contribution < 1.29 is 18.7 Å². The van der Waals surface area contributed by atoms with E-state index in [1.807, 2.05) is 0 Å². The average molecular weight is 442 g/mol. The monoisotopic (exact) mass is 441 g/mol. The van der Waals surface area contributed by atoms with Gasteiger partial charge in [0.05, 0.1) is 17.3 Å². The van der Waals surface area contributed by atoms with Gasteiger partial charge in [0.1, 0.15) is 11.6 Å². The molecule has 0 aliphatic heterocycles. The van der Waals surface area contributed by atoms with Gasteiger partial charge in [-0.2, -0.15) is 5.10 Å². The number of esters is 1. The lowest BCUT2D eigenvalue weighted by Gasteiger charge is -2.05. The molecule has 0 aliphatic rings. The molecule has 1 amide bonds. The van der Waals surface area contributed by atoms with Crippen LogP contribution < -0.4 is 10.2 Å². The number of amides is 1. The highest BCUT2D eigenvalue weighted by Crippen LogP contribution is 2.15. The van der Waals surface area contributed by atoms with E-state index in [1.165, 1.54) is 30.6 Å². The van der Waals surface area contributed by atoms with Crippen LogP contribution in [0.3, 0.4) is 0 Å². The van der Waals surface area contributed by atoms with E-state index in [1.54, 1.807) is 36.5 Å². The van der Waals surface area contributed by atoms with Crippen LogP contribution in [0.1, 0.15) is 26.3 Å². The van der Waals surface area contributed by atoms with Crippen LogP contribution in [-0.4, -0.2) is 23.1 Å². The van der Waals surface area contributed by atoms with E-state index < -0.39 is 17.7 Å². The molecule has 140 valence electrons. The Balaban J connectivity index is 1.63. The highest BCUT2D eigenvalue weighted by atomic mass is 79.9. The molecule has 0 fully saturated rings. The Bertz CT molecular complexity index is 1060. The topological polar surface area (TPSA) is 80.6 Å². The SMILES string of the molecule is O=C(N/N=C/c1cccc(OC(=O)c2cccc(F)c2)c1)c1cncc(Br)c1. The molecule has 0 spiro atoms. The first kappa shape index (κ1) is 19.4. The van der Waals surface area contributed by atoms with Gasteiger partial charge in [0.25, 0.3) is 5.91 Å². The van der Waals surface area contributed by atoms with E-state index in [-0.39, 0.29) is 11.3 Å². The molecule has 0 aliphatic carbocycles. The van der Waals surface area contributed by atoms with Gasteiger partial charge in [0.2, 0.25) is 0 Å². The summed E-state index contributed by atoms with van der Waals surface area (Å²) in [7, 11) is 0. The summed E-state index contributed by atoms with van der Waals surface area (Å²) in [6, 6.07) is 13.4. The van der Waals surface area contributed by atoms with E-state index in [2.05, 4.69) is 31.4 Å². The van der Waals surface area contributed by atoms with Crippen LogP contribution in [0.2, 0.25) is 0 Å². The van der Waals surface area contributed by atoms with Crippen molar-refractivity contribution in [1.82, 2.24) is 10.4 Å². The van der Waals surface area contributed by atoms with Crippen LogP contribution in [-0.2, 0) is 0 Å². The second kappa shape index (κ2) is 9.01. The lowest BCUT2D eigenvalue weighted by atomic mass is 10.2. The Labute approximate surface area is 168 Å². The number of ether oxygens (including phenoxy) is 1. The second-order valence-corrected chi connectivity index (χ2v) is 6.48. The van der Waals surface area contributed by atoms with Crippen molar-refractivity contribution in [2.75, 3.05) is 0 Å². The van der Waals surface area contributed by atoms with Gasteiger partial charge in [0, 0.05) is 16.9 Å². The fraction of sp³-hybridized carbons (Fsp3) is 0. The van der Waals surface area contributed by atoms with Gasteiger partial charge < -0.3 is 4.74 Å². The molecule has 0 saturated heterocycles. The van der Waals surface area contributed by atoms with Crippen LogP contribution in [0, 0.1) is 5.82 Å². The largest absolute Gasteiger partial charge is 0.423 e. The summed E-state index contributed by atoms with van der Waals surface area (Å²) < 4.78 is 19.1. The highest BCUT2D eigenvalue weighted by molar-refractivity contribution is 9.10. The molecule has 8 heteroatoms. The standard InChI is InChI=1S/C20H13BrFN3O3/c21-16-8-15(11-23-12-16)19(26)25-24-10-13-3-1-6-18(7-13)28-20(27)14-4-2-5-17(22)9-14/h1-12H,(H,25,26)/b24-10+. The van der Waals surface area contributed by atoms with Crippen LogP contribution in [0.15, 0.2) is 76.6 Å². The molecule has 3 aromatic rings. The molecule has 0 saturated carbocycles. The van der Waals surface area contributed by atoms with E-state index in [4.69, 9.17) is 4.74 Å². The summed E-state index contributed by atoms with van der Waals surface area (Å²) in [6.45, 7) is 0. The Morgan fingerprint density at radius 2 is 1.89 bits per heavy atom. The molecule has 0 atom stereocenters. The van der Waals surface area contributed by atoms with Crippen LogP contribution >= 0.6 is 15.9 Å². The number of hydrazone groups is 1. The molecule has 0 radical (unpaired) electrons. The van der Waals surface area contributed by atoms with Crippen LogP contribution in [0.25, 0.3) is 0 Å². The molecule has 1 heterocycles. The maximum Gasteiger partial charge on any atom is 0.343 e. The molecule has 1 aromatic heterocycles. The zero-order valence-electron chi connectivity index (χ0n) is 14.3. The third-order valence-corrected chi connectivity index (χ3v) is 3.91. The van der Waals surface area contributed by atoms with Gasteiger partial charge in [0.15, 0.2) is 0 Å². The Morgan fingerprint density at radius 3 is 2.68 bits per heavy atom. The number of hydrogen-bond acceptors (Lipinski definition) is 5. The van der Waals surface area contributed by atoms with Gasteiger partial charge >= 0.3 is 5.97 Å². The minimum absolute atomic E-state index is 0.106. The smallest absolute Gasteiger partial charge is 0.343 e. The zero-order chi connectivity index (χ0) is 19.9. The normalized spacial score (nSPS) is 10.6. The van der Waals surface area contributed by atoms with Gasteiger partial charge in [-0.1, -0.05) is 18.2 Å². The number of aromatic nitrogens is 1. The average Bonchev–Trinajstić information content (AvgIpc) is 2.68. The van der Waals surface area contributed by atoms with E-state index in [0.717, 1.165) is 6.07 Å². The van der Waals surface area contributed by atoms with Crippen molar-refractivity contribution in [3.63, 3.8) is 0 Å². The number of carbonyl (C=O) groups is 2. The molecule has 0 bridgehead atoms. The first-order valence-corrected chi connectivity index (χ1v) is 8.82. The minimum Gasteiger partial charge on any atom is -0.423 e. The summed E-state index contributed by atoms with van der Waals surface area (Å²) in [6.07, 6.45) is 4.39. The third-order valence-electron chi connectivity index (χ3n) is 3.48. The number of nitrogens with one attached hydrogen (secondary N) is 1. The van der Waals surface area contributed by atoms with Gasteiger partial charge in [-0.25, -0.2) is 14.6 Å². The summed E-state index contributed by atoms with van der Waals surface area (Å²) in [5, 5.41) is 3.88. The molecule has 1 N–H and O–H groups in total.